The van der Waals surface area contributed by atoms with Crippen LogP contribution in [0.4, 0.5) is 5.00 Å². The van der Waals surface area contributed by atoms with Gasteiger partial charge in [0.1, 0.15) is 5.00 Å². The molecule has 0 saturated heterocycles. The number of hydrogen-bond donors (Lipinski definition) is 1. The topological polar surface area (TPSA) is 52.3 Å². The van der Waals surface area contributed by atoms with Crippen molar-refractivity contribution in [1.29, 1.82) is 0 Å². The Morgan fingerprint density at radius 2 is 1.95 bits per heavy atom. The lowest BCUT2D eigenvalue weighted by molar-refractivity contribution is 0.0602. The second-order valence-electron chi connectivity index (χ2n) is 5.37. The van der Waals surface area contributed by atoms with Crippen molar-refractivity contribution >= 4 is 34.1 Å². The minimum absolute atomic E-state index is 0.366. The number of nitrogens with two attached hydrogens (primary N) is 1. The number of hydrogen-bond acceptors (Lipinski definition) is 5. The molecule has 2 N–H and O–H groups in total. The number of thioether (sulfide) groups is 1. The van der Waals surface area contributed by atoms with Gasteiger partial charge in [-0.15, -0.1) is 11.3 Å². The molecule has 0 fully saturated rings. The maximum Gasteiger partial charge on any atom is 0.340 e. The van der Waals surface area contributed by atoms with Crippen molar-refractivity contribution in [1.82, 2.24) is 0 Å². The second-order valence-corrected chi connectivity index (χ2v) is 7.53. The van der Waals surface area contributed by atoms with E-state index in [1.165, 1.54) is 29.6 Å². The first-order valence-corrected chi connectivity index (χ1v) is 9.11. The molecule has 2 aromatic rings. The van der Waals surface area contributed by atoms with E-state index in [9.17, 15) is 4.79 Å². The zero-order valence-electron chi connectivity index (χ0n) is 13.1. The van der Waals surface area contributed by atoms with E-state index < -0.39 is 0 Å². The zero-order chi connectivity index (χ0) is 16.1. The summed E-state index contributed by atoms with van der Waals surface area (Å²) in [6.07, 6.45) is 0. The average Bonchev–Trinajstić information content (AvgIpc) is 2.88. The number of methoxy groups -OCH3 is 1. The molecule has 3 nitrogen and oxygen atoms in total. The summed E-state index contributed by atoms with van der Waals surface area (Å²) in [5.41, 5.74) is 9.01. The predicted molar refractivity (Wildman–Crippen MR) is 95.6 cm³/mol. The van der Waals surface area contributed by atoms with Gasteiger partial charge in [0.15, 0.2) is 0 Å². The highest BCUT2D eigenvalue weighted by Crippen LogP contribution is 2.29. The molecule has 0 aliphatic carbocycles. The summed E-state index contributed by atoms with van der Waals surface area (Å²) in [5, 5.41) is 0.531. The van der Waals surface area contributed by atoms with E-state index in [1.54, 1.807) is 0 Å². The molecule has 0 saturated carbocycles. The highest BCUT2D eigenvalue weighted by atomic mass is 32.2. The van der Waals surface area contributed by atoms with Crippen molar-refractivity contribution in [2.24, 2.45) is 0 Å². The maximum atomic E-state index is 11.5. The fourth-order valence-corrected chi connectivity index (χ4v) is 4.08. The first-order chi connectivity index (χ1) is 10.5. The molecule has 0 atom stereocenters. The highest BCUT2D eigenvalue weighted by Gasteiger charge is 2.14. The second kappa shape index (κ2) is 7.70. The lowest BCUT2D eigenvalue weighted by atomic mass is 10.0. The largest absolute Gasteiger partial charge is 0.465 e. The van der Waals surface area contributed by atoms with Crippen molar-refractivity contribution in [2.45, 2.75) is 31.3 Å². The van der Waals surface area contributed by atoms with Gasteiger partial charge in [0, 0.05) is 16.4 Å². The molecule has 0 radical (unpaired) electrons. The van der Waals surface area contributed by atoms with Crippen LogP contribution in [0.3, 0.4) is 0 Å². The predicted octanol–water partition coefficient (Wildman–Crippen LogP) is 4.67. The molecule has 1 aromatic heterocycles. The summed E-state index contributed by atoms with van der Waals surface area (Å²) in [6.45, 7) is 4.40. The monoisotopic (exact) mass is 335 g/mol. The van der Waals surface area contributed by atoms with Gasteiger partial charge in [0.05, 0.1) is 12.7 Å². The standard InChI is InChI=1S/C17H21NO2S2/c1-11(2)13-6-4-12(5-7-13)9-21-10-14-8-15(16(18)22-14)17(19)20-3/h4-8,11H,9-10,18H2,1-3H3. The number of carbonyl (C=O) groups excluding carboxylic acids is 1. The average molecular weight is 335 g/mol. The molecule has 0 aliphatic rings. The van der Waals surface area contributed by atoms with Crippen LogP contribution >= 0.6 is 23.1 Å². The van der Waals surface area contributed by atoms with E-state index in [4.69, 9.17) is 10.5 Å². The van der Waals surface area contributed by atoms with Crippen LogP contribution in [0, 0.1) is 0 Å². The van der Waals surface area contributed by atoms with Gasteiger partial charge in [0.2, 0.25) is 0 Å². The van der Waals surface area contributed by atoms with Gasteiger partial charge in [-0.2, -0.15) is 11.8 Å². The lowest BCUT2D eigenvalue weighted by Gasteiger charge is -2.06. The number of carbonyl (C=O) groups is 1. The van der Waals surface area contributed by atoms with Gasteiger partial charge in [0.25, 0.3) is 0 Å². The van der Waals surface area contributed by atoms with E-state index >= 15 is 0 Å². The fourth-order valence-electron chi connectivity index (χ4n) is 2.07. The summed E-state index contributed by atoms with van der Waals surface area (Å²) < 4.78 is 4.72. The smallest absolute Gasteiger partial charge is 0.340 e. The number of thiophene rings is 1. The first-order valence-electron chi connectivity index (χ1n) is 7.14. The molecule has 118 valence electrons. The van der Waals surface area contributed by atoms with Crippen LogP contribution < -0.4 is 5.73 Å². The van der Waals surface area contributed by atoms with Crippen molar-refractivity contribution in [3.05, 3.63) is 51.9 Å². The van der Waals surface area contributed by atoms with E-state index in [-0.39, 0.29) is 5.97 Å². The maximum absolute atomic E-state index is 11.5. The Morgan fingerprint density at radius 3 is 2.55 bits per heavy atom. The fraction of sp³-hybridized carbons (Fsp3) is 0.353. The van der Waals surface area contributed by atoms with Crippen LogP contribution in [0.1, 0.15) is 46.1 Å². The van der Waals surface area contributed by atoms with Gasteiger partial charge in [-0.3, -0.25) is 0 Å². The van der Waals surface area contributed by atoms with Crippen molar-refractivity contribution in [3.63, 3.8) is 0 Å². The van der Waals surface area contributed by atoms with Crippen LogP contribution in [-0.4, -0.2) is 13.1 Å². The first kappa shape index (κ1) is 16.9. The Balaban J connectivity index is 1.89. The van der Waals surface area contributed by atoms with Crippen LogP contribution in [0.25, 0.3) is 0 Å². The van der Waals surface area contributed by atoms with Gasteiger partial charge in [-0.05, 0) is 23.1 Å². The Labute approximate surface area is 139 Å². The summed E-state index contributed by atoms with van der Waals surface area (Å²) in [6, 6.07) is 10.6. The van der Waals surface area contributed by atoms with E-state index in [0.29, 0.717) is 16.5 Å². The highest BCUT2D eigenvalue weighted by molar-refractivity contribution is 7.97. The zero-order valence-corrected chi connectivity index (χ0v) is 14.7. The normalized spacial score (nSPS) is 10.9. The molecule has 0 unspecified atom stereocenters. The van der Waals surface area contributed by atoms with Crippen LogP contribution in [0.5, 0.6) is 0 Å². The molecule has 2 rings (SSSR count). The number of nitrogen functional groups attached to an aromatic ring is 1. The molecular weight excluding hydrogens is 314 g/mol. The van der Waals surface area contributed by atoms with Gasteiger partial charge in [-0.1, -0.05) is 38.1 Å². The minimum atomic E-state index is -0.366. The number of anilines is 1. The summed E-state index contributed by atoms with van der Waals surface area (Å²) >= 11 is 3.27. The lowest BCUT2D eigenvalue weighted by Crippen LogP contribution is -2.01. The van der Waals surface area contributed by atoms with Gasteiger partial charge < -0.3 is 10.5 Å². The Kier molecular flexibility index (Phi) is 5.91. The third-order valence-electron chi connectivity index (χ3n) is 3.38. The Bertz CT molecular complexity index is 633. The molecule has 0 bridgehead atoms. The summed E-state index contributed by atoms with van der Waals surface area (Å²) in [7, 11) is 1.37. The molecule has 0 amide bonds. The van der Waals surface area contributed by atoms with E-state index in [0.717, 1.165) is 16.4 Å². The quantitative estimate of drug-likeness (QED) is 0.779. The molecule has 1 heterocycles. The molecular formula is C17H21NO2S2. The Hall–Kier alpha value is -1.46. The molecule has 0 spiro atoms. The minimum Gasteiger partial charge on any atom is -0.465 e. The van der Waals surface area contributed by atoms with E-state index in [1.807, 2.05) is 17.8 Å². The number of benzene rings is 1. The third kappa shape index (κ3) is 4.27. The third-order valence-corrected chi connectivity index (χ3v) is 5.58. The van der Waals surface area contributed by atoms with Crippen LogP contribution in [0.15, 0.2) is 30.3 Å². The molecule has 1 aromatic carbocycles. The molecule has 0 aliphatic heterocycles. The SMILES string of the molecule is COC(=O)c1cc(CSCc2ccc(C(C)C)cc2)sc1N. The van der Waals surface area contributed by atoms with Gasteiger partial charge in [-0.25, -0.2) is 4.79 Å². The number of rotatable bonds is 6. The molecule has 5 heteroatoms. The van der Waals surface area contributed by atoms with Crippen molar-refractivity contribution in [3.8, 4) is 0 Å². The van der Waals surface area contributed by atoms with Crippen molar-refractivity contribution in [2.75, 3.05) is 12.8 Å². The number of ether oxygens (including phenoxy) is 1. The van der Waals surface area contributed by atoms with E-state index in [2.05, 4.69) is 38.1 Å². The van der Waals surface area contributed by atoms with Gasteiger partial charge >= 0.3 is 5.97 Å². The molecule has 22 heavy (non-hydrogen) atoms. The van der Waals surface area contributed by atoms with Crippen LogP contribution in [0.2, 0.25) is 0 Å². The van der Waals surface area contributed by atoms with Crippen LogP contribution in [-0.2, 0) is 16.2 Å². The number of esters is 1. The summed E-state index contributed by atoms with van der Waals surface area (Å²) in [5.74, 6) is 1.99. The van der Waals surface area contributed by atoms with Crippen molar-refractivity contribution < 1.29 is 9.53 Å². The summed E-state index contributed by atoms with van der Waals surface area (Å²) in [4.78, 5) is 12.6. The Morgan fingerprint density at radius 1 is 1.27 bits per heavy atom.